The fraction of sp³-hybridized carbons (Fsp3) is 0.513. The molecule has 0 spiro atoms. The third-order valence-electron chi connectivity index (χ3n) is 7.48. The van der Waals surface area contributed by atoms with Gasteiger partial charge in [-0.2, -0.15) is 0 Å². The van der Waals surface area contributed by atoms with E-state index >= 15 is 0 Å². The van der Waals surface area contributed by atoms with Crippen LogP contribution >= 0.6 is 11.8 Å². The van der Waals surface area contributed by atoms with Gasteiger partial charge in [-0.25, -0.2) is 9.59 Å². The molecule has 1 atom stereocenters. The average Bonchev–Trinajstić information content (AvgIpc) is 3.03. The van der Waals surface area contributed by atoms with Crippen LogP contribution in [0.5, 0.6) is 5.75 Å². The molecule has 1 unspecified atom stereocenters. The second-order valence-corrected chi connectivity index (χ2v) is 13.1. The Balaban J connectivity index is 2.50. The molecule has 0 bridgehead atoms. The van der Waals surface area contributed by atoms with E-state index in [1.54, 1.807) is 23.9 Å². The molecule has 6 nitrogen and oxygen atoms in total. The van der Waals surface area contributed by atoms with Gasteiger partial charge in [0.05, 0.1) is 4.75 Å². The second-order valence-electron chi connectivity index (χ2n) is 11.6. The minimum atomic E-state index is -1.18. The number of hydrogen-bond acceptors (Lipinski definition) is 5. The van der Waals surface area contributed by atoms with E-state index in [-0.39, 0.29) is 23.1 Å². The minimum absolute atomic E-state index is 0.0258. The van der Waals surface area contributed by atoms with Crippen LogP contribution in [0.2, 0.25) is 0 Å². The predicted octanol–water partition coefficient (Wildman–Crippen LogP) is 10.0. The summed E-state index contributed by atoms with van der Waals surface area (Å²) in [4.78, 5) is 38.3. The minimum Gasteiger partial charge on any atom is -0.478 e. The van der Waals surface area contributed by atoms with Crippen LogP contribution in [0.1, 0.15) is 116 Å². The van der Waals surface area contributed by atoms with E-state index in [0.717, 1.165) is 57.1 Å². The summed E-state index contributed by atoms with van der Waals surface area (Å²) in [7, 11) is 0. The van der Waals surface area contributed by atoms with Gasteiger partial charge in [-0.05, 0) is 94.4 Å². The highest BCUT2D eigenvalue weighted by Gasteiger charge is 2.38. The Kier molecular flexibility index (Phi) is 22.0. The lowest BCUT2D eigenvalue weighted by Gasteiger charge is -2.32. The lowest BCUT2D eigenvalue weighted by Crippen LogP contribution is -2.52. The van der Waals surface area contributed by atoms with Crippen LogP contribution in [-0.2, 0) is 9.59 Å². The largest absolute Gasteiger partial charge is 0.478 e. The molecule has 0 aliphatic carbocycles. The van der Waals surface area contributed by atoms with E-state index in [4.69, 9.17) is 4.74 Å². The summed E-state index contributed by atoms with van der Waals surface area (Å²) < 4.78 is 4.85. The van der Waals surface area contributed by atoms with Crippen molar-refractivity contribution in [3.8, 4) is 5.75 Å². The molecule has 1 rings (SSSR count). The quantitative estimate of drug-likeness (QED) is 0.0500. The van der Waals surface area contributed by atoms with Gasteiger partial charge in [0, 0.05) is 0 Å². The molecule has 46 heavy (non-hydrogen) atoms. The number of aromatic carboxylic acids is 1. The number of amides is 1. The van der Waals surface area contributed by atoms with Gasteiger partial charge >= 0.3 is 11.9 Å². The maximum atomic E-state index is 13.6. The standard InChI is InChI=1S/C39H57NO5S/c1-6-9-10-11-12-13-14-15-16-17-18-19-20-21-22-23-24-27-30-46-39(7-2,8-3)38(44)40-34(31-32(4)5)37(43)45-35-29-26-25-28-33(35)36(41)42/h9-10,12-13,15-16,18-19,21-22,25-26,28-29,32,34H,6-8,11,14,17,20,23-24,27,30-31H2,1-5H3,(H,40,44)(H,41,42)/b10-9-,13-12-,16-15-,19-18-,22-21-. The number of esters is 1. The van der Waals surface area contributed by atoms with Crippen molar-refractivity contribution in [3.05, 3.63) is 90.6 Å². The Labute approximate surface area is 282 Å². The molecule has 0 aliphatic rings. The molecule has 7 heteroatoms. The second kappa shape index (κ2) is 24.9. The maximum Gasteiger partial charge on any atom is 0.339 e. The Morgan fingerprint density at radius 2 is 1.37 bits per heavy atom. The van der Waals surface area contributed by atoms with Crippen molar-refractivity contribution in [1.29, 1.82) is 0 Å². The molecule has 0 saturated carbocycles. The third-order valence-corrected chi connectivity index (χ3v) is 9.29. The average molecular weight is 652 g/mol. The van der Waals surface area contributed by atoms with Gasteiger partial charge in [-0.15, -0.1) is 11.8 Å². The smallest absolute Gasteiger partial charge is 0.339 e. The van der Waals surface area contributed by atoms with E-state index in [2.05, 4.69) is 73.0 Å². The lowest BCUT2D eigenvalue weighted by molar-refractivity contribution is -0.140. The highest BCUT2D eigenvalue weighted by atomic mass is 32.2. The van der Waals surface area contributed by atoms with Crippen molar-refractivity contribution < 1.29 is 24.2 Å². The van der Waals surface area contributed by atoms with Gasteiger partial charge in [0.25, 0.3) is 0 Å². The van der Waals surface area contributed by atoms with Crippen LogP contribution < -0.4 is 10.1 Å². The predicted molar refractivity (Wildman–Crippen MR) is 195 cm³/mol. The number of unbranched alkanes of at least 4 members (excludes halogenated alkanes) is 2. The zero-order valence-electron chi connectivity index (χ0n) is 28.7. The first-order chi connectivity index (χ1) is 22.2. The number of thioether (sulfide) groups is 1. The maximum absolute atomic E-state index is 13.6. The van der Waals surface area contributed by atoms with Crippen molar-refractivity contribution in [2.75, 3.05) is 5.75 Å². The fourth-order valence-electron chi connectivity index (χ4n) is 4.73. The summed E-state index contributed by atoms with van der Waals surface area (Å²) in [5.74, 6) is -1.06. The Bertz CT molecular complexity index is 1180. The number of benzene rings is 1. The van der Waals surface area contributed by atoms with E-state index in [0.29, 0.717) is 19.3 Å². The fourth-order valence-corrected chi connectivity index (χ4v) is 6.07. The number of carboxylic acid groups (broad SMARTS) is 1. The molecule has 0 fully saturated rings. The van der Waals surface area contributed by atoms with E-state index in [9.17, 15) is 19.5 Å². The highest BCUT2D eigenvalue weighted by Crippen LogP contribution is 2.34. The zero-order valence-corrected chi connectivity index (χ0v) is 29.5. The van der Waals surface area contributed by atoms with Gasteiger partial charge in [-0.3, -0.25) is 4.79 Å². The van der Waals surface area contributed by atoms with Gasteiger partial charge in [0.2, 0.25) is 5.91 Å². The number of carbonyl (C=O) groups is 3. The normalized spacial score (nSPS) is 13.2. The van der Waals surface area contributed by atoms with E-state index in [1.807, 2.05) is 27.7 Å². The molecule has 0 heterocycles. The van der Waals surface area contributed by atoms with Gasteiger partial charge in [-0.1, -0.05) is 108 Å². The lowest BCUT2D eigenvalue weighted by atomic mass is 9.98. The van der Waals surface area contributed by atoms with Gasteiger partial charge in [0.1, 0.15) is 17.4 Å². The third kappa shape index (κ3) is 16.8. The molecule has 0 aliphatic heterocycles. The molecule has 0 saturated heterocycles. The monoisotopic (exact) mass is 651 g/mol. The molecular weight excluding hydrogens is 594 g/mol. The summed E-state index contributed by atoms with van der Waals surface area (Å²) in [6.45, 7) is 10.1. The number of para-hydroxylation sites is 1. The molecular formula is C39H57NO5S. The van der Waals surface area contributed by atoms with Crippen LogP contribution in [0, 0.1) is 5.92 Å². The first kappa shape index (κ1) is 40.7. The molecule has 0 aromatic heterocycles. The van der Waals surface area contributed by atoms with Gasteiger partial charge < -0.3 is 15.2 Å². The molecule has 1 aromatic rings. The Morgan fingerprint density at radius 1 is 0.826 bits per heavy atom. The van der Waals surface area contributed by atoms with Crippen molar-refractivity contribution >= 4 is 29.6 Å². The summed E-state index contributed by atoms with van der Waals surface area (Å²) in [6.07, 6.45) is 31.7. The SMILES string of the molecule is CC/C=C\C/C=C\C/C=C\C/C=C\C/C=C\CCCCSC(CC)(CC)C(=O)NC(CC(C)C)C(=O)Oc1ccccc1C(=O)O. The topological polar surface area (TPSA) is 92.7 Å². The van der Waals surface area contributed by atoms with Crippen molar-refractivity contribution in [1.82, 2.24) is 5.32 Å². The number of carbonyl (C=O) groups excluding carboxylic acids is 2. The first-order valence-corrected chi connectivity index (χ1v) is 17.9. The highest BCUT2D eigenvalue weighted by molar-refractivity contribution is 8.01. The van der Waals surface area contributed by atoms with Crippen LogP contribution in [0.4, 0.5) is 0 Å². The van der Waals surface area contributed by atoms with E-state index in [1.165, 1.54) is 12.1 Å². The van der Waals surface area contributed by atoms with Crippen molar-refractivity contribution in [2.24, 2.45) is 5.92 Å². The van der Waals surface area contributed by atoms with Crippen LogP contribution in [0.3, 0.4) is 0 Å². The number of nitrogens with one attached hydrogen (secondary N) is 1. The van der Waals surface area contributed by atoms with Crippen LogP contribution in [0.15, 0.2) is 85.0 Å². The zero-order chi connectivity index (χ0) is 34.0. The summed E-state index contributed by atoms with van der Waals surface area (Å²) >= 11 is 1.66. The molecule has 2 N–H and O–H groups in total. The summed E-state index contributed by atoms with van der Waals surface area (Å²) in [5.41, 5.74) is -0.0953. The Hall–Kier alpha value is -3.32. The van der Waals surface area contributed by atoms with Gasteiger partial charge in [0.15, 0.2) is 0 Å². The number of rotatable bonds is 24. The summed E-state index contributed by atoms with van der Waals surface area (Å²) in [5, 5.41) is 12.4. The van der Waals surface area contributed by atoms with Crippen LogP contribution in [-0.4, -0.2) is 39.5 Å². The first-order valence-electron chi connectivity index (χ1n) is 16.9. The number of carboxylic acids is 1. The number of allylic oxidation sites excluding steroid dienone is 10. The Morgan fingerprint density at radius 3 is 1.89 bits per heavy atom. The summed E-state index contributed by atoms with van der Waals surface area (Å²) in [6, 6.07) is 5.16. The number of ether oxygens (including phenoxy) is 1. The van der Waals surface area contributed by atoms with Crippen molar-refractivity contribution in [3.63, 3.8) is 0 Å². The van der Waals surface area contributed by atoms with Crippen LogP contribution in [0.25, 0.3) is 0 Å². The molecule has 254 valence electrons. The molecule has 1 amide bonds. The molecule has 1 aromatic carbocycles. The van der Waals surface area contributed by atoms with E-state index < -0.39 is 22.7 Å². The number of hydrogen-bond donors (Lipinski definition) is 2. The van der Waals surface area contributed by atoms with Crippen molar-refractivity contribution in [2.45, 2.75) is 116 Å². The molecule has 0 radical (unpaired) electrons.